The molecule has 188 valence electrons. The highest BCUT2D eigenvalue weighted by atomic mass is 16.5. The van der Waals surface area contributed by atoms with Crippen LogP contribution in [0.4, 0.5) is 0 Å². The molecule has 4 rings (SSSR count). The Bertz CT molecular complexity index is 1160. The number of allylic oxidation sites excluding steroid dienone is 3. The van der Waals surface area contributed by atoms with Crippen LogP contribution in [0, 0.1) is 5.92 Å². The van der Waals surface area contributed by atoms with Crippen LogP contribution in [0.1, 0.15) is 74.5 Å². The van der Waals surface area contributed by atoms with Crippen molar-refractivity contribution in [1.82, 2.24) is 14.8 Å². The molecule has 6 nitrogen and oxygen atoms in total. The fraction of sp³-hybridized carbons (Fsp3) is 0.517. The molecular weight excluding hydrogens is 438 g/mol. The Morgan fingerprint density at radius 1 is 1.20 bits per heavy atom. The molecule has 1 fully saturated rings. The summed E-state index contributed by atoms with van der Waals surface area (Å²) in [6.07, 6.45) is 7.00. The lowest BCUT2D eigenvalue weighted by Crippen LogP contribution is -2.44. The molecule has 3 heterocycles. The van der Waals surface area contributed by atoms with Crippen LogP contribution < -0.4 is 5.32 Å². The Balaban J connectivity index is 1.99. The first-order valence-corrected chi connectivity index (χ1v) is 13.0. The largest absolute Gasteiger partial charge is 0.393 e. The first-order chi connectivity index (χ1) is 16.9. The number of fused-ring (bicyclic) bond motifs is 3. The summed E-state index contributed by atoms with van der Waals surface area (Å²) >= 11 is 0. The highest BCUT2D eigenvalue weighted by molar-refractivity contribution is 6.01. The minimum atomic E-state index is -0.174. The van der Waals surface area contributed by atoms with Gasteiger partial charge in [-0.2, -0.15) is 0 Å². The Hall–Kier alpha value is -2.86. The van der Waals surface area contributed by atoms with Gasteiger partial charge in [0, 0.05) is 54.9 Å². The Kier molecular flexibility index (Phi) is 7.80. The molecule has 1 unspecified atom stereocenters. The van der Waals surface area contributed by atoms with E-state index in [0.717, 1.165) is 23.9 Å². The molecule has 6 heteroatoms. The van der Waals surface area contributed by atoms with E-state index in [1.165, 1.54) is 22.2 Å². The van der Waals surface area contributed by atoms with E-state index in [1.54, 1.807) is 6.92 Å². The van der Waals surface area contributed by atoms with Crippen molar-refractivity contribution in [3.8, 4) is 0 Å². The van der Waals surface area contributed by atoms with Crippen LogP contribution in [0.15, 0.2) is 36.0 Å². The Morgan fingerprint density at radius 3 is 2.51 bits per heavy atom. The van der Waals surface area contributed by atoms with Gasteiger partial charge in [0.2, 0.25) is 5.91 Å². The number of nitrogens with zero attached hydrogens (tertiary/aromatic N) is 2. The molecule has 0 saturated carbocycles. The molecule has 0 spiro atoms. The summed E-state index contributed by atoms with van der Waals surface area (Å²) in [5.41, 5.74) is 6.61. The van der Waals surface area contributed by atoms with Crippen molar-refractivity contribution in [2.45, 2.75) is 59.4 Å². The maximum absolute atomic E-state index is 13.7. The minimum Gasteiger partial charge on any atom is -0.393 e. The minimum absolute atomic E-state index is 0.0567. The zero-order valence-electron chi connectivity index (χ0n) is 21.8. The van der Waals surface area contributed by atoms with E-state index in [0.29, 0.717) is 50.8 Å². The number of ether oxygens (including phenoxy) is 1. The molecule has 2 aliphatic heterocycles. The molecule has 2 aromatic rings. The predicted octanol–water partition coefficient (Wildman–Crippen LogP) is 5.13. The van der Waals surface area contributed by atoms with Gasteiger partial charge >= 0.3 is 0 Å². The van der Waals surface area contributed by atoms with Crippen LogP contribution in [0.3, 0.4) is 0 Å². The van der Waals surface area contributed by atoms with Gasteiger partial charge in [0.25, 0.3) is 0 Å². The smallest absolute Gasteiger partial charge is 0.227 e. The van der Waals surface area contributed by atoms with Crippen molar-refractivity contribution >= 4 is 28.2 Å². The van der Waals surface area contributed by atoms with E-state index in [2.05, 4.69) is 49.0 Å². The molecule has 1 aromatic carbocycles. The van der Waals surface area contributed by atoms with Crippen molar-refractivity contribution in [3.63, 3.8) is 0 Å². The second kappa shape index (κ2) is 10.8. The van der Waals surface area contributed by atoms with E-state index in [-0.39, 0.29) is 17.6 Å². The number of benzene rings is 1. The van der Waals surface area contributed by atoms with Crippen molar-refractivity contribution in [3.05, 3.63) is 52.9 Å². The van der Waals surface area contributed by atoms with Gasteiger partial charge in [-0.3, -0.25) is 9.59 Å². The normalized spacial score (nSPS) is 21.0. The summed E-state index contributed by atoms with van der Waals surface area (Å²) < 4.78 is 7.83. The third-order valence-corrected chi connectivity index (χ3v) is 7.68. The zero-order chi connectivity index (χ0) is 25.1. The predicted molar refractivity (Wildman–Crippen MR) is 142 cm³/mol. The second-order valence-corrected chi connectivity index (χ2v) is 9.67. The molecule has 1 N–H and O–H groups in total. The number of amides is 1. The van der Waals surface area contributed by atoms with E-state index in [9.17, 15) is 9.59 Å². The second-order valence-electron chi connectivity index (χ2n) is 9.67. The van der Waals surface area contributed by atoms with Gasteiger partial charge in [0.15, 0.2) is 5.78 Å². The summed E-state index contributed by atoms with van der Waals surface area (Å²) in [5, 5.41) is 4.46. The molecule has 0 radical (unpaired) electrons. The van der Waals surface area contributed by atoms with Crippen molar-refractivity contribution < 1.29 is 14.3 Å². The van der Waals surface area contributed by atoms with Crippen LogP contribution in [0.2, 0.25) is 0 Å². The maximum atomic E-state index is 13.7. The fourth-order valence-electron chi connectivity index (χ4n) is 5.78. The highest BCUT2D eigenvalue weighted by Gasteiger charge is 2.35. The van der Waals surface area contributed by atoms with Gasteiger partial charge in [0.05, 0.1) is 24.8 Å². The number of nitrogens with one attached hydrogen (secondary N) is 1. The average molecular weight is 478 g/mol. The zero-order valence-corrected chi connectivity index (χ0v) is 21.8. The first kappa shape index (κ1) is 25.2. The number of hydrogen-bond donors (Lipinski definition) is 1. The number of carbonyl (C=O) groups is 2. The average Bonchev–Trinajstić information content (AvgIpc) is 3.09. The monoisotopic (exact) mass is 477 g/mol. The molecule has 1 aromatic heterocycles. The van der Waals surface area contributed by atoms with Crippen LogP contribution in [-0.4, -0.2) is 54.5 Å². The lowest BCUT2D eigenvalue weighted by molar-refractivity contribution is -0.140. The third-order valence-electron chi connectivity index (χ3n) is 7.68. The van der Waals surface area contributed by atoms with Gasteiger partial charge in [-0.15, -0.1) is 0 Å². The SMILES string of the molecule is C/C=C1/CC(C(=O)N2CCOCC2)Cn2c(c(C(CC)CC)c3ccc(C(C)=O)cc32)/C1=C/NC. The standard InChI is InChI=1S/C29H39N3O3/c1-6-20(7-2)27-24-10-9-22(19(4)33)16-26(24)32-18-23(29(34)31-11-13-35-14-12-31)15-21(8-3)25(17-30-5)28(27)32/h8-10,16-17,20,23,30H,6-7,11-15,18H2,1-5H3/b21-8-,25-17+. The molecule has 1 amide bonds. The summed E-state index contributed by atoms with van der Waals surface area (Å²) in [4.78, 5) is 28.0. The first-order valence-electron chi connectivity index (χ1n) is 13.0. The van der Waals surface area contributed by atoms with Gasteiger partial charge in [0.1, 0.15) is 0 Å². The van der Waals surface area contributed by atoms with Crippen molar-refractivity contribution in [2.24, 2.45) is 5.92 Å². The van der Waals surface area contributed by atoms with Crippen LogP contribution >= 0.6 is 0 Å². The van der Waals surface area contributed by atoms with E-state index in [4.69, 9.17) is 4.74 Å². The number of rotatable bonds is 6. The van der Waals surface area contributed by atoms with Crippen molar-refractivity contribution in [1.29, 1.82) is 0 Å². The van der Waals surface area contributed by atoms with Crippen LogP contribution in [-0.2, 0) is 16.1 Å². The van der Waals surface area contributed by atoms with Gasteiger partial charge in [-0.1, -0.05) is 32.1 Å². The lowest BCUT2D eigenvalue weighted by Gasteiger charge is -2.30. The molecule has 0 bridgehead atoms. The van der Waals surface area contributed by atoms with E-state index < -0.39 is 0 Å². The Morgan fingerprint density at radius 2 is 1.91 bits per heavy atom. The fourth-order valence-corrected chi connectivity index (χ4v) is 5.78. The maximum Gasteiger partial charge on any atom is 0.227 e. The van der Waals surface area contributed by atoms with E-state index in [1.807, 2.05) is 24.1 Å². The van der Waals surface area contributed by atoms with Crippen molar-refractivity contribution in [2.75, 3.05) is 33.4 Å². The molecule has 1 atom stereocenters. The Labute approximate surface area is 209 Å². The van der Waals surface area contributed by atoms with Gasteiger partial charge in [-0.05, 0) is 56.2 Å². The number of ketones is 1. The summed E-state index contributed by atoms with van der Waals surface area (Å²) in [6.45, 7) is 11.3. The summed E-state index contributed by atoms with van der Waals surface area (Å²) in [6, 6.07) is 6.10. The van der Waals surface area contributed by atoms with Gasteiger partial charge < -0.3 is 19.5 Å². The number of Topliss-reactive ketones (excluding diaryl/α,β-unsaturated/α-hetero) is 1. The topological polar surface area (TPSA) is 63.6 Å². The number of hydrogen-bond acceptors (Lipinski definition) is 4. The molecular formula is C29H39N3O3. The summed E-state index contributed by atoms with van der Waals surface area (Å²) in [7, 11) is 1.93. The lowest BCUT2D eigenvalue weighted by atomic mass is 9.86. The molecule has 2 aliphatic rings. The van der Waals surface area contributed by atoms with Crippen LogP contribution in [0.25, 0.3) is 16.5 Å². The van der Waals surface area contributed by atoms with Gasteiger partial charge in [-0.25, -0.2) is 0 Å². The molecule has 1 saturated heterocycles. The van der Waals surface area contributed by atoms with Crippen LogP contribution in [0.5, 0.6) is 0 Å². The third kappa shape index (κ3) is 4.68. The summed E-state index contributed by atoms with van der Waals surface area (Å²) in [5.74, 6) is 0.466. The number of aromatic nitrogens is 1. The number of morpholine rings is 1. The molecule has 35 heavy (non-hydrogen) atoms. The van der Waals surface area contributed by atoms with E-state index >= 15 is 0 Å². The number of carbonyl (C=O) groups excluding carboxylic acids is 2. The molecule has 0 aliphatic carbocycles. The highest BCUT2D eigenvalue weighted by Crippen LogP contribution is 2.44. The quantitative estimate of drug-likeness (QED) is 0.586.